The molecule has 1 aliphatic carbocycles. The van der Waals surface area contributed by atoms with Gasteiger partial charge in [0.05, 0.1) is 6.04 Å². The van der Waals surface area contributed by atoms with Crippen LogP contribution in [0.4, 0.5) is 0 Å². The Balaban J connectivity index is 2.60. The minimum Gasteiger partial charge on any atom is -0.370 e. The summed E-state index contributed by atoms with van der Waals surface area (Å²) in [6.45, 7) is 7.74. The molecule has 106 valence electrons. The Morgan fingerprint density at radius 3 is 2.50 bits per heavy atom. The number of nitrogens with two attached hydrogens (primary N) is 1. The van der Waals surface area contributed by atoms with E-state index in [1.807, 2.05) is 0 Å². The molecule has 0 radical (unpaired) electrons. The van der Waals surface area contributed by atoms with Gasteiger partial charge in [-0.2, -0.15) is 0 Å². The first-order valence-corrected chi connectivity index (χ1v) is 7.78. The number of unbranched alkanes of at least 4 members (excludes halogenated alkanes) is 1. The molecule has 1 unspecified atom stereocenters. The van der Waals surface area contributed by atoms with Crippen LogP contribution >= 0.6 is 0 Å². The van der Waals surface area contributed by atoms with Gasteiger partial charge in [0.25, 0.3) is 0 Å². The molecule has 0 aromatic carbocycles. The van der Waals surface area contributed by atoms with E-state index < -0.39 is 0 Å². The lowest BCUT2D eigenvalue weighted by Gasteiger charge is -2.31. The first kappa shape index (κ1) is 15.3. The molecule has 0 bridgehead atoms. The van der Waals surface area contributed by atoms with E-state index in [1.54, 1.807) is 0 Å². The van der Waals surface area contributed by atoms with Crippen LogP contribution in [0.1, 0.15) is 72.1 Å². The number of rotatable bonds is 6. The molecule has 2 N–H and O–H groups in total. The number of hydrogen-bond acceptors (Lipinski definition) is 1. The highest BCUT2D eigenvalue weighted by Crippen LogP contribution is 2.20. The van der Waals surface area contributed by atoms with Crippen LogP contribution in [0, 0.1) is 0 Å². The van der Waals surface area contributed by atoms with E-state index in [-0.39, 0.29) is 0 Å². The van der Waals surface area contributed by atoms with Gasteiger partial charge in [-0.25, -0.2) is 4.99 Å². The zero-order valence-electron chi connectivity index (χ0n) is 12.5. The van der Waals surface area contributed by atoms with Gasteiger partial charge in [-0.05, 0) is 32.6 Å². The highest BCUT2D eigenvalue weighted by atomic mass is 15.3. The van der Waals surface area contributed by atoms with E-state index in [0.717, 1.165) is 18.9 Å². The molecule has 0 aliphatic heterocycles. The van der Waals surface area contributed by atoms with Crippen molar-refractivity contribution in [2.45, 2.75) is 84.2 Å². The molecule has 0 saturated heterocycles. The molecule has 3 heteroatoms. The molecule has 1 saturated carbocycles. The van der Waals surface area contributed by atoms with Crippen LogP contribution in [0.3, 0.4) is 0 Å². The number of nitrogens with zero attached hydrogens (tertiary/aromatic N) is 2. The number of hydrogen-bond donors (Lipinski definition) is 1. The van der Waals surface area contributed by atoms with Crippen molar-refractivity contribution in [3.05, 3.63) is 0 Å². The Hall–Kier alpha value is -0.730. The summed E-state index contributed by atoms with van der Waals surface area (Å²) in [5.41, 5.74) is 6.24. The van der Waals surface area contributed by atoms with Gasteiger partial charge in [0.1, 0.15) is 0 Å². The van der Waals surface area contributed by atoms with Gasteiger partial charge in [0.2, 0.25) is 0 Å². The van der Waals surface area contributed by atoms with Crippen molar-refractivity contribution >= 4 is 5.96 Å². The van der Waals surface area contributed by atoms with Gasteiger partial charge in [-0.15, -0.1) is 0 Å². The molecule has 0 aromatic heterocycles. The monoisotopic (exact) mass is 253 g/mol. The van der Waals surface area contributed by atoms with Crippen molar-refractivity contribution in [1.82, 2.24) is 4.90 Å². The average Bonchev–Trinajstić information content (AvgIpc) is 2.40. The second kappa shape index (κ2) is 8.39. The summed E-state index contributed by atoms with van der Waals surface area (Å²) in [7, 11) is 0. The summed E-state index contributed by atoms with van der Waals surface area (Å²) in [4.78, 5) is 7.08. The highest BCUT2D eigenvalue weighted by Gasteiger charge is 2.17. The van der Waals surface area contributed by atoms with Crippen molar-refractivity contribution in [3.8, 4) is 0 Å². The summed E-state index contributed by atoms with van der Waals surface area (Å²) in [6, 6.07) is 0.982. The second-order valence-corrected chi connectivity index (χ2v) is 5.58. The molecular weight excluding hydrogens is 222 g/mol. The topological polar surface area (TPSA) is 41.6 Å². The van der Waals surface area contributed by atoms with Gasteiger partial charge >= 0.3 is 0 Å². The smallest absolute Gasteiger partial charge is 0.191 e. The maximum absolute atomic E-state index is 6.24. The summed E-state index contributed by atoms with van der Waals surface area (Å²) in [6.07, 6.45) is 10.0. The zero-order valence-corrected chi connectivity index (χ0v) is 12.5. The van der Waals surface area contributed by atoms with Crippen molar-refractivity contribution in [1.29, 1.82) is 0 Å². The largest absolute Gasteiger partial charge is 0.370 e. The van der Waals surface area contributed by atoms with E-state index in [1.165, 1.54) is 44.9 Å². The molecule has 3 nitrogen and oxygen atoms in total. The van der Waals surface area contributed by atoms with Crippen molar-refractivity contribution in [2.24, 2.45) is 10.7 Å². The van der Waals surface area contributed by atoms with E-state index in [4.69, 9.17) is 10.7 Å². The zero-order chi connectivity index (χ0) is 13.4. The van der Waals surface area contributed by atoms with Crippen LogP contribution < -0.4 is 5.73 Å². The maximum Gasteiger partial charge on any atom is 0.191 e. The number of aliphatic imine (C=N–C) groups is 1. The Labute approximate surface area is 113 Å². The lowest BCUT2D eigenvalue weighted by molar-refractivity contribution is 0.309. The first-order chi connectivity index (χ1) is 8.69. The van der Waals surface area contributed by atoms with E-state index >= 15 is 0 Å². The fraction of sp³-hybridized carbons (Fsp3) is 0.933. The molecule has 1 fully saturated rings. The van der Waals surface area contributed by atoms with Gasteiger partial charge in [0.15, 0.2) is 5.96 Å². The van der Waals surface area contributed by atoms with Crippen LogP contribution in [-0.2, 0) is 0 Å². The lowest BCUT2D eigenvalue weighted by atomic mass is 9.96. The van der Waals surface area contributed by atoms with Gasteiger partial charge in [-0.1, -0.05) is 39.5 Å². The van der Waals surface area contributed by atoms with Crippen LogP contribution in [0.2, 0.25) is 0 Å². The van der Waals surface area contributed by atoms with Gasteiger partial charge < -0.3 is 10.6 Å². The van der Waals surface area contributed by atoms with E-state index in [2.05, 4.69) is 25.7 Å². The minimum absolute atomic E-state index is 0.479. The average molecular weight is 253 g/mol. The Morgan fingerprint density at radius 2 is 1.94 bits per heavy atom. The van der Waals surface area contributed by atoms with Crippen molar-refractivity contribution in [2.75, 3.05) is 6.54 Å². The Kier molecular flexibility index (Phi) is 7.14. The van der Waals surface area contributed by atoms with Crippen LogP contribution in [0.5, 0.6) is 0 Å². The van der Waals surface area contributed by atoms with Crippen molar-refractivity contribution < 1.29 is 0 Å². The third-order valence-corrected chi connectivity index (χ3v) is 4.06. The van der Waals surface area contributed by atoms with Crippen LogP contribution in [0.25, 0.3) is 0 Å². The summed E-state index contributed by atoms with van der Waals surface area (Å²) >= 11 is 0. The molecule has 0 aromatic rings. The minimum atomic E-state index is 0.479. The predicted molar refractivity (Wildman–Crippen MR) is 79.9 cm³/mol. The molecule has 18 heavy (non-hydrogen) atoms. The molecule has 1 aliphatic rings. The fourth-order valence-corrected chi connectivity index (χ4v) is 2.58. The molecule has 0 spiro atoms. The predicted octanol–water partition coefficient (Wildman–Crippen LogP) is 3.53. The summed E-state index contributed by atoms with van der Waals surface area (Å²) in [5, 5.41) is 0. The molecule has 1 atom stereocenters. The third-order valence-electron chi connectivity index (χ3n) is 4.06. The molecule has 1 rings (SSSR count). The molecular formula is C15H31N3. The standard InChI is InChI=1S/C15H31N3/c1-4-6-12-18(13(3)5-2)15(16)17-14-10-8-7-9-11-14/h13-14H,4-12H2,1-3H3,(H2,16,17). The van der Waals surface area contributed by atoms with Crippen LogP contribution in [0.15, 0.2) is 4.99 Å². The Bertz CT molecular complexity index is 244. The second-order valence-electron chi connectivity index (χ2n) is 5.58. The third kappa shape index (κ3) is 4.87. The Morgan fingerprint density at radius 1 is 1.28 bits per heavy atom. The molecule has 0 heterocycles. The SMILES string of the molecule is CCCCN(C(N)=NC1CCCCC1)C(C)CC. The highest BCUT2D eigenvalue weighted by molar-refractivity contribution is 5.78. The van der Waals surface area contributed by atoms with Gasteiger partial charge in [-0.3, -0.25) is 0 Å². The molecule has 0 amide bonds. The summed E-state index contributed by atoms with van der Waals surface area (Å²) < 4.78 is 0. The number of guanidine groups is 1. The van der Waals surface area contributed by atoms with E-state index in [9.17, 15) is 0 Å². The summed E-state index contributed by atoms with van der Waals surface area (Å²) in [5.74, 6) is 0.782. The quantitative estimate of drug-likeness (QED) is 0.581. The lowest BCUT2D eigenvalue weighted by Crippen LogP contribution is -2.44. The van der Waals surface area contributed by atoms with Gasteiger partial charge in [0, 0.05) is 12.6 Å². The normalized spacial score (nSPS) is 19.8. The fourth-order valence-electron chi connectivity index (χ4n) is 2.58. The van der Waals surface area contributed by atoms with Crippen LogP contribution in [-0.4, -0.2) is 29.5 Å². The van der Waals surface area contributed by atoms with E-state index in [0.29, 0.717) is 12.1 Å². The first-order valence-electron chi connectivity index (χ1n) is 7.78. The maximum atomic E-state index is 6.24. The van der Waals surface area contributed by atoms with Crippen molar-refractivity contribution in [3.63, 3.8) is 0 Å².